The Balaban J connectivity index is 1.99. The Hall–Kier alpha value is -2.30. The standard InChI is InChI=1S/C17H16N2O3S2/c1-10-4-5-23-16(10)17(21)22-8-14(20)19-15-11(2)6-13(24-9-18)7-12(15)3/h4-7H,8H2,1-3H3,(H,19,20). The lowest BCUT2D eigenvalue weighted by molar-refractivity contribution is -0.119. The minimum absolute atomic E-state index is 0.344. The van der Waals surface area contributed by atoms with Crippen LogP contribution in [0.15, 0.2) is 28.5 Å². The quantitative estimate of drug-likeness (QED) is 0.494. The van der Waals surface area contributed by atoms with Gasteiger partial charge in [-0.05, 0) is 72.8 Å². The van der Waals surface area contributed by atoms with Crippen molar-refractivity contribution in [3.8, 4) is 5.40 Å². The summed E-state index contributed by atoms with van der Waals surface area (Å²) >= 11 is 2.36. The topological polar surface area (TPSA) is 79.2 Å². The van der Waals surface area contributed by atoms with Crippen LogP contribution in [-0.4, -0.2) is 18.5 Å². The van der Waals surface area contributed by atoms with Crippen LogP contribution in [0.2, 0.25) is 0 Å². The highest BCUT2D eigenvalue weighted by atomic mass is 32.2. The smallest absolute Gasteiger partial charge is 0.349 e. The van der Waals surface area contributed by atoms with Gasteiger partial charge in [-0.15, -0.1) is 11.3 Å². The fourth-order valence-corrected chi connectivity index (χ4v) is 3.58. The second-order valence-electron chi connectivity index (χ2n) is 5.18. The first-order valence-electron chi connectivity index (χ1n) is 7.10. The molecule has 124 valence electrons. The number of nitriles is 1. The van der Waals surface area contributed by atoms with Crippen LogP contribution < -0.4 is 5.32 Å². The van der Waals surface area contributed by atoms with Gasteiger partial charge in [0.15, 0.2) is 6.61 Å². The van der Waals surface area contributed by atoms with E-state index in [0.717, 1.165) is 33.3 Å². The van der Waals surface area contributed by atoms with Crippen molar-refractivity contribution in [1.82, 2.24) is 0 Å². The molecule has 0 aliphatic rings. The van der Waals surface area contributed by atoms with Crippen molar-refractivity contribution in [2.24, 2.45) is 0 Å². The van der Waals surface area contributed by atoms with Crippen LogP contribution in [0.5, 0.6) is 0 Å². The molecule has 1 N–H and O–H groups in total. The Morgan fingerprint density at radius 3 is 2.46 bits per heavy atom. The highest BCUT2D eigenvalue weighted by Gasteiger charge is 2.15. The highest BCUT2D eigenvalue weighted by Crippen LogP contribution is 2.27. The number of hydrogen-bond acceptors (Lipinski definition) is 6. The molecule has 0 fully saturated rings. The molecule has 1 aromatic heterocycles. The number of carbonyl (C=O) groups excluding carboxylic acids is 2. The van der Waals surface area contributed by atoms with Crippen LogP contribution in [0.4, 0.5) is 5.69 Å². The number of nitrogens with one attached hydrogen (secondary N) is 1. The molecule has 0 aliphatic heterocycles. The van der Waals surface area contributed by atoms with Crippen LogP contribution in [0.3, 0.4) is 0 Å². The minimum atomic E-state index is -0.494. The van der Waals surface area contributed by atoms with Gasteiger partial charge >= 0.3 is 5.97 Å². The lowest BCUT2D eigenvalue weighted by atomic mass is 10.1. The SMILES string of the molecule is Cc1ccsc1C(=O)OCC(=O)Nc1c(C)cc(SC#N)cc1C. The van der Waals surface area contributed by atoms with Gasteiger partial charge in [0.2, 0.25) is 0 Å². The number of esters is 1. The number of anilines is 1. The summed E-state index contributed by atoms with van der Waals surface area (Å²) in [7, 11) is 0. The van der Waals surface area contributed by atoms with Crippen molar-refractivity contribution >= 4 is 40.7 Å². The number of thiophene rings is 1. The van der Waals surface area contributed by atoms with E-state index in [-0.39, 0.29) is 6.61 Å². The first-order valence-corrected chi connectivity index (χ1v) is 8.80. The maximum atomic E-state index is 12.0. The third kappa shape index (κ3) is 4.37. The molecule has 24 heavy (non-hydrogen) atoms. The zero-order chi connectivity index (χ0) is 17.7. The van der Waals surface area contributed by atoms with Gasteiger partial charge in [-0.3, -0.25) is 4.79 Å². The molecule has 1 aromatic carbocycles. The third-order valence-corrected chi connectivity index (χ3v) is 4.88. The summed E-state index contributed by atoms with van der Waals surface area (Å²) in [6, 6.07) is 5.49. The van der Waals surface area contributed by atoms with E-state index in [4.69, 9.17) is 10.00 Å². The van der Waals surface area contributed by atoms with Crippen molar-refractivity contribution in [2.75, 3.05) is 11.9 Å². The number of hydrogen-bond donors (Lipinski definition) is 1. The van der Waals surface area contributed by atoms with E-state index >= 15 is 0 Å². The van der Waals surface area contributed by atoms with Crippen molar-refractivity contribution in [3.63, 3.8) is 0 Å². The maximum Gasteiger partial charge on any atom is 0.349 e. The Morgan fingerprint density at radius 1 is 1.25 bits per heavy atom. The summed E-state index contributed by atoms with van der Waals surface area (Å²) in [5, 5.41) is 15.3. The van der Waals surface area contributed by atoms with Crippen molar-refractivity contribution in [3.05, 3.63) is 45.1 Å². The Kier molecular flexibility index (Phi) is 6.01. The summed E-state index contributed by atoms with van der Waals surface area (Å²) in [5.41, 5.74) is 3.20. The van der Waals surface area contributed by atoms with Gasteiger partial charge in [0, 0.05) is 10.6 Å². The number of carbonyl (C=O) groups is 2. The van der Waals surface area contributed by atoms with E-state index in [1.54, 1.807) is 5.38 Å². The van der Waals surface area contributed by atoms with Gasteiger partial charge in [0.1, 0.15) is 10.3 Å². The summed E-state index contributed by atoms with van der Waals surface area (Å²) in [4.78, 5) is 25.3. The molecule has 0 atom stereocenters. The van der Waals surface area contributed by atoms with Crippen LogP contribution in [0, 0.1) is 31.4 Å². The monoisotopic (exact) mass is 360 g/mol. The van der Waals surface area contributed by atoms with Gasteiger partial charge in [-0.1, -0.05) is 0 Å². The third-order valence-electron chi connectivity index (χ3n) is 3.32. The van der Waals surface area contributed by atoms with E-state index < -0.39 is 11.9 Å². The molecule has 1 heterocycles. The molecule has 7 heteroatoms. The van der Waals surface area contributed by atoms with E-state index in [0.29, 0.717) is 10.6 Å². The molecule has 0 saturated heterocycles. The predicted molar refractivity (Wildman–Crippen MR) is 95.4 cm³/mol. The number of amides is 1. The summed E-state index contributed by atoms with van der Waals surface area (Å²) in [6.45, 7) is 5.18. The fourth-order valence-electron chi connectivity index (χ4n) is 2.19. The van der Waals surface area contributed by atoms with Gasteiger partial charge < -0.3 is 10.1 Å². The lowest BCUT2D eigenvalue weighted by Crippen LogP contribution is -2.21. The van der Waals surface area contributed by atoms with E-state index in [1.807, 2.05) is 44.4 Å². The maximum absolute atomic E-state index is 12.0. The highest BCUT2D eigenvalue weighted by molar-refractivity contribution is 8.03. The van der Waals surface area contributed by atoms with E-state index in [9.17, 15) is 9.59 Å². The molecule has 0 bridgehead atoms. The van der Waals surface area contributed by atoms with Crippen LogP contribution >= 0.6 is 23.1 Å². The molecular weight excluding hydrogens is 344 g/mol. The molecule has 5 nitrogen and oxygen atoms in total. The fraction of sp³-hybridized carbons (Fsp3) is 0.235. The van der Waals surface area contributed by atoms with Crippen molar-refractivity contribution < 1.29 is 14.3 Å². The second kappa shape index (κ2) is 7.99. The van der Waals surface area contributed by atoms with Gasteiger partial charge in [-0.2, -0.15) is 5.26 Å². The average Bonchev–Trinajstić information content (AvgIpc) is 2.95. The first-order chi connectivity index (χ1) is 11.4. The number of thioether (sulfide) groups is 1. The molecule has 1 amide bonds. The van der Waals surface area contributed by atoms with Crippen LogP contribution in [0.25, 0.3) is 0 Å². The summed E-state index contributed by atoms with van der Waals surface area (Å²) in [5.74, 6) is -0.892. The number of thiocyanates is 1. The minimum Gasteiger partial charge on any atom is -0.451 e. The Morgan fingerprint density at radius 2 is 1.92 bits per heavy atom. The number of benzene rings is 1. The van der Waals surface area contributed by atoms with E-state index in [2.05, 4.69) is 5.32 Å². The molecular formula is C17H16N2O3S2. The van der Waals surface area contributed by atoms with Crippen molar-refractivity contribution in [1.29, 1.82) is 5.26 Å². The number of rotatable bonds is 5. The van der Waals surface area contributed by atoms with Gasteiger partial charge in [-0.25, -0.2) is 4.79 Å². The number of nitrogens with zero attached hydrogens (tertiary/aromatic N) is 1. The van der Waals surface area contributed by atoms with Crippen LogP contribution in [-0.2, 0) is 9.53 Å². The Labute approximate surface area is 148 Å². The van der Waals surface area contributed by atoms with E-state index in [1.165, 1.54) is 11.3 Å². The molecule has 2 rings (SSSR count). The Bertz CT molecular complexity index is 798. The average molecular weight is 360 g/mol. The zero-order valence-corrected chi connectivity index (χ0v) is 15.1. The molecule has 0 spiro atoms. The number of aryl methyl sites for hydroxylation is 3. The first kappa shape index (κ1) is 18.0. The largest absolute Gasteiger partial charge is 0.451 e. The molecule has 2 aromatic rings. The second-order valence-corrected chi connectivity index (χ2v) is 6.96. The van der Waals surface area contributed by atoms with Crippen molar-refractivity contribution in [2.45, 2.75) is 25.7 Å². The lowest BCUT2D eigenvalue weighted by Gasteiger charge is -2.13. The molecule has 0 saturated carbocycles. The predicted octanol–water partition coefficient (Wildman–Crippen LogP) is 4.04. The van der Waals surface area contributed by atoms with Gasteiger partial charge in [0.05, 0.1) is 0 Å². The summed E-state index contributed by atoms with van der Waals surface area (Å²) < 4.78 is 5.06. The zero-order valence-electron chi connectivity index (χ0n) is 13.5. The normalized spacial score (nSPS) is 10.1. The molecule has 0 radical (unpaired) electrons. The van der Waals surface area contributed by atoms with Crippen LogP contribution in [0.1, 0.15) is 26.4 Å². The number of ether oxygens (including phenoxy) is 1. The molecule has 0 unspecified atom stereocenters. The van der Waals surface area contributed by atoms with Gasteiger partial charge in [0.25, 0.3) is 5.91 Å². The molecule has 0 aliphatic carbocycles. The summed E-state index contributed by atoms with van der Waals surface area (Å²) in [6.07, 6.45) is 0.